The monoisotopic (exact) mass is 325 g/mol. The van der Waals surface area contributed by atoms with Crippen LogP contribution >= 0.6 is 23.2 Å². The highest BCUT2D eigenvalue weighted by Gasteiger charge is 2.12. The van der Waals surface area contributed by atoms with E-state index in [9.17, 15) is 4.79 Å². The topological polar surface area (TPSA) is 80.7 Å². The minimum absolute atomic E-state index is 0.141. The van der Waals surface area contributed by atoms with Crippen molar-refractivity contribution in [1.29, 1.82) is 0 Å². The highest BCUT2D eigenvalue weighted by atomic mass is 35.5. The third kappa shape index (κ3) is 3.86. The highest BCUT2D eigenvalue weighted by Crippen LogP contribution is 2.15. The Hall–Kier alpha value is -1.79. The predicted molar refractivity (Wildman–Crippen MR) is 80.8 cm³/mol. The van der Waals surface area contributed by atoms with E-state index >= 15 is 0 Å². The molecule has 0 radical (unpaired) electrons. The molecule has 1 amide bonds. The number of rotatable bonds is 4. The molecule has 0 unspecified atom stereocenters. The Balaban J connectivity index is 2.23. The van der Waals surface area contributed by atoms with Crippen molar-refractivity contribution in [3.05, 3.63) is 39.4 Å². The second-order valence-electron chi connectivity index (χ2n) is 4.19. The van der Waals surface area contributed by atoms with Crippen LogP contribution in [-0.4, -0.2) is 26.1 Å². The van der Waals surface area contributed by atoms with Gasteiger partial charge in [-0.05, 0) is 25.0 Å². The van der Waals surface area contributed by atoms with Gasteiger partial charge in [-0.2, -0.15) is 0 Å². The number of hydrogen-bond acceptors (Lipinski definition) is 5. The van der Waals surface area contributed by atoms with Gasteiger partial charge in [0.2, 0.25) is 5.95 Å². The second kappa shape index (κ2) is 6.78. The van der Waals surface area contributed by atoms with Crippen LogP contribution in [0.15, 0.2) is 12.1 Å². The van der Waals surface area contributed by atoms with Crippen LogP contribution in [0.2, 0.25) is 10.3 Å². The number of amides is 1. The zero-order valence-corrected chi connectivity index (χ0v) is 13.0. The molecule has 0 saturated heterocycles. The molecule has 0 spiro atoms. The Morgan fingerprint density at radius 3 is 2.24 bits per heavy atom. The Kier molecular flexibility index (Phi) is 5.03. The summed E-state index contributed by atoms with van der Waals surface area (Å²) in [6.45, 7) is 3.95. The maximum Gasteiger partial charge on any atom is 0.258 e. The molecule has 0 atom stereocenters. The molecule has 0 aromatic carbocycles. The van der Waals surface area contributed by atoms with Crippen LogP contribution in [0.1, 0.15) is 35.6 Å². The van der Waals surface area contributed by atoms with E-state index in [0.29, 0.717) is 6.42 Å². The molecule has 2 rings (SSSR count). The number of carbonyl (C=O) groups is 1. The molecule has 1 N–H and O–H groups in total. The molecule has 110 valence electrons. The van der Waals surface area contributed by atoms with Crippen molar-refractivity contribution < 1.29 is 4.79 Å². The Morgan fingerprint density at radius 2 is 1.67 bits per heavy atom. The normalized spacial score (nSPS) is 10.5. The van der Waals surface area contributed by atoms with Crippen molar-refractivity contribution in [3.63, 3.8) is 0 Å². The molecule has 2 aromatic rings. The van der Waals surface area contributed by atoms with Gasteiger partial charge in [-0.3, -0.25) is 10.1 Å². The molecule has 2 heterocycles. The molecule has 0 aliphatic heterocycles. The lowest BCUT2D eigenvalue weighted by atomic mass is 10.2. The molecule has 0 aliphatic rings. The first kappa shape index (κ1) is 15.6. The maximum atomic E-state index is 12.1. The van der Waals surface area contributed by atoms with E-state index in [0.717, 1.165) is 17.8 Å². The van der Waals surface area contributed by atoms with Gasteiger partial charge in [0, 0.05) is 5.56 Å². The number of aromatic nitrogens is 4. The van der Waals surface area contributed by atoms with E-state index in [1.54, 1.807) is 0 Å². The summed E-state index contributed by atoms with van der Waals surface area (Å²) in [5, 5.41) is 10.8. The van der Waals surface area contributed by atoms with Gasteiger partial charge in [0.15, 0.2) is 0 Å². The fourth-order valence-corrected chi connectivity index (χ4v) is 2.22. The van der Waals surface area contributed by atoms with Crippen LogP contribution in [0.3, 0.4) is 0 Å². The van der Waals surface area contributed by atoms with Crippen LogP contribution in [0.5, 0.6) is 0 Å². The number of nitrogens with zero attached hydrogens (tertiary/aromatic N) is 4. The fraction of sp³-hybridized carbons (Fsp3) is 0.308. The van der Waals surface area contributed by atoms with Crippen molar-refractivity contribution in [2.45, 2.75) is 26.7 Å². The van der Waals surface area contributed by atoms with Crippen LogP contribution in [-0.2, 0) is 12.8 Å². The molecule has 21 heavy (non-hydrogen) atoms. The quantitative estimate of drug-likeness (QED) is 0.874. The molecule has 8 heteroatoms. The van der Waals surface area contributed by atoms with Gasteiger partial charge in [-0.1, -0.05) is 37.0 Å². The lowest BCUT2D eigenvalue weighted by Crippen LogP contribution is -2.16. The van der Waals surface area contributed by atoms with E-state index < -0.39 is 5.91 Å². The molecule has 0 bridgehead atoms. The average molecular weight is 326 g/mol. The Labute approximate surface area is 131 Å². The summed E-state index contributed by atoms with van der Waals surface area (Å²) in [4.78, 5) is 20.2. The lowest BCUT2D eigenvalue weighted by Gasteiger charge is -2.07. The van der Waals surface area contributed by atoms with Gasteiger partial charge in [-0.25, -0.2) is 9.97 Å². The molecular formula is C13H13Cl2N5O. The molecule has 0 fully saturated rings. The largest absolute Gasteiger partial charge is 0.289 e. The number of carbonyl (C=O) groups excluding carboxylic acids is 1. The minimum atomic E-state index is -0.422. The number of pyridine rings is 1. The fourth-order valence-electron chi connectivity index (χ4n) is 1.76. The summed E-state index contributed by atoms with van der Waals surface area (Å²) < 4.78 is 0. The number of anilines is 1. The summed E-state index contributed by atoms with van der Waals surface area (Å²) in [6, 6.07) is 2.83. The van der Waals surface area contributed by atoms with Crippen molar-refractivity contribution in [2.75, 3.05) is 5.32 Å². The van der Waals surface area contributed by atoms with E-state index in [1.807, 2.05) is 13.8 Å². The lowest BCUT2D eigenvalue weighted by molar-refractivity contribution is 0.102. The van der Waals surface area contributed by atoms with Gasteiger partial charge in [-0.15, -0.1) is 10.2 Å². The summed E-state index contributed by atoms with van der Waals surface area (Å²) in [6.07, 6.45) is 1.46. The van der Waals surface area contributed by atoms with Crippen LogP contribution in [0.4, 0.5) is 5.95 Å². The van der Waals surface area contributed by atoms with E-state index in [-0.39, 0.29) is 21.8 Å². The van der Waals surface area contributed by atoms with Gasteiger partial charge >= 0.3 is 0 Å². The van der Waals surface area contributed by atoms with Crippen molar-refractivity contribution in [1.82, 2.24) is 20.2 Å². The standard InChI is InChI=1S/C13H13Cl2N5O/c1-3-8-9(4-2)19-20-13(16-8)18-12(21)7-5-10(14)17-11(15)6-7/h5-6H,3-4H2,1-2H3,(H,16,18,20,21). The maximum absolute atomic E-state index is 12.1. The van der Waals surface area contributed by atoms with E-state index in [2.05, 4.69) is 25.5 Å². The zero-order valence-electron chi connectivity index (χ0n) is 11.5. The first-order chi connectivity index (χ1) is 10.0. The molecule has 0 saturated carbocycles. The minimum Gasteiger partial charge on any atom is -0.289 e. The third-order valence-electron chi connectivity index (χ3n) is 2.76. The van der Waals surface area contributed by atoms with E-state index in [1.165, 1.54) is 12.1 Å². The number of nitrogens with one attached hydrogen (secondary N) is 1. The van der Waals surface area contributed by atoms with Crippen LogP contribution in [0.25, 0.3) is 0 Å². The molecule has 2 aromatic heterocycles. The molecule has 0 aliphatic carbocycles. The molecule has 6 nitrogen and oxygen atoms in total. The SMILES string of the molecule is CCc1nnc(NC(=O)c2cc(Cl)nc(Cl)c2)nc1CC. The molecular weight excluding hydrogens is 313 g/mol. The summed E-state index contributed by atoms with van der Waals surface area (Å²) in [5.41, 5.74) is 1.92. The van der Waals surface area contributed by atoms with Crippen LogP contribution in [0, 0.1) is 0 Å². The predicted octanol–water partition coefficient (Wildman–Crippen LogP) is 2.95. The Morgan fingerprint density at radius 1 is 1.05 bits per heavy atom. The van der Waals surface area contributed by atoms with Gasteiger partial charge < -0.3 is 0 Å². The number of halogens is 2. The van der Waals surface area contributed by atoms with Gasteiger partial charge in [0.25, 0.3) is 5.91 Å². The average Bonchev–Trinajstić information content (AvgIpc) is 2.46. The smallest absolute Gasteiger partial charge is 0.258 e. The second-order valence-corrected chi connectivity index (χ2v) is 4.97. The Bertz CT molecular complexity index is 657. The van der Waals surface area contributed by atoms with Crippen molar-refractivity contribution >= 4 is 35.1 Å². The van der Waals surface area contributed by atoms with Crippen LogP contribution < -0.4 is 5.32 Å². The van der Waals surface area contributed by atoms with E-state index in [4.69, 9.17) is 23.2 Å². The highest BCUT2D eigenvalue weighted by molar-refractivity contribution is 6.33. The van der Waals surface area contributed by atoms with Crippen molar-refractivity contribution in [3.8, 4) is 0 Å². The summed E-state index contributed by atoms with van der Waals surface area (Å²) in [5.74, 6) is -0.271. The van der Waals surface area contributed by atoms with Gasteiger partial charge in [0.05, 0.1) is 11.4 Å². The number of hydrogen-bond donors (Lipinski definition) is 1. The first-order valence-corrected chi connectivity index (χ1v) is 7.16. The third-order valence-corrected chi connectivity index (χ3v) is 3.15. The summed E-state index contributed by atoms with van der Waals surface area (Å²) >= 11 is 11.5. The van der Waals surface area contributed by atoms with Gasteiger partial charge in [0.1, 0.15) is 10.3 Å². The van der Waals surface area contributed by atoms with Crippen molar-refractivity contribution in [2.24, 2.45) is 0 Å². The number of aryl methyl sites for hydroxylation is 2. The summed E-state index contributed by atoms with van der Waals surface area (Å²) in [7, 11) is 0. The first-order valence-electron chi connectivity index (χ1n) is 6.40. The zero-order chi connectivity index (χ0) is 15.4.